The van der Waals surface area contributed by atoms with Crippen molar-refractivity contribution in [2.75, 3.05) is 38.6 Å². The van der Waals surface area contributed by atoms with Crippen molar-refractivity contribution in [3.05, 3.63) is 46.9 Å². The van der Waals surface area contributed by atoms with Crippen LogP contribution in [0.5, 0.6) is 0 Å². The monoisotopic (exact) mass is 451 g/mol. The number of nitrogens with zero attached hydrogens (tertiary/aromatic N) is 2. The summed E-state index contributed by atoms with van der Waals surface area (Å²) < 4.78 is 38.1. The molecule has 1 aliphatic heterocycles. The van der Waals surface area contributed by atoms with Crippen LogP contribution in [0, 0.1) is 20.8 Å². The summed E-state index contributed by atoms with van der Waals surface area (Å²) in [6, 6.07) is 7.86. The van der Waals surface area contributed by atoms with Crippen LogP contribution in [0.2, 0.25) is 0 Å². The fourth-order valence-electron chi connectivity index (χ4n) is 3.50. The SMILES string of the molecule is COC(=O)c1c(C)oc(C)c1S(=O)(=O)N1CCN(C(=S)Nc2cccc(C)c2)CC1. The highest BCUT2D eigenvalue weighted by molar-refractivity contribution is 7.89. The van der Waals surface area contributed by atoms with E-state index in [4.69, 9.17) is 21.4 Å². The van der Waals surface area contributed by atoms with E-state index >= 15 is 0 Å². The van der Waals surface area contributed by atoms with Crippen molar-refractivity contribution >= 4 is 39.0 Å². The number of aryl methyl sites for hydroxylation is 3. The average molecular weight is 452 g/mol. The Morgan fingerprint density at radius 1 is 1.13 bits per heavy atom. The summed E-state index contributed by atoms with van der Waals surface area (Å²) in [5.74, 6) is -0.336. The molecule has 1 N–H and O–H groups in total. The predicted molar refractivity (Wildman–Crippen MR) is 117 cm³/mol. The third-order valence-corrected chi connectivity index (χ3v) is 7.40. The molecule has 8 nitrogen and oxygen atoms in total. The molecule has 10 heteroatoms. The highest BCUT2D eigenvalue weighted by atomic mass is 32.2. The Morgan fingerprint density at radius 3 is 2.40 bits per heavy atom. The highest BCUT2D eigenvalue weighted by Crippen LogP contribution is 2.30. The molecule has 1 saturated heterocycles. The topological polar surface area (TPSA) is 92.1 Å². The van der Waals surface area contributed by atoms with E-state index in [2.05, 4.69) is 5.32 Å². The Balaban J connectivity index is 1.73. The van der Waals surface area contributed by atoms with Gasteiger partial charge in [0.2, 0.25) is 10.0 Å². The normalized spacial score (nSPS) is 15.1. The van der Waals surface area contributed by atoms with Crippen molar-refractivity contribution in [1.82, 2.24) is 9.21 Å². The summed E-state index contributed by atoms with van der Waals surface area (Å²) in [5.41, 5.74) is 1.96. The van der Waals surface area contributed by atoms with Crippen LogP contribution >= 0.6 is 12.2 Å². The quantitative estimate of drug-likeness (QED) is 0.560. The first-order valence-electron chi connectivity index (χ1n) is 9.46. The molecule has 0 radical (unpaired) electrons. The van der Waals surface area contributed by atoms with Crippen LogP contribution < -0.4 is 5.32 Å². The molecule has 3 rings (SSSR count). The summed E-state index contributed by atoms with van der Waals surface area (Å²) in [7, 11) is -2.71. The predicted octanol–water partition coefficient (Wildman–Crippen LogP) is 2.69. The maximum atomic E-state index is 13.3. The lowest BCUT2D eigenvalue weighted by molar-refractivity contribution is 0.0594. The highest BCUT2D eigenvalue weighted by Gasteiger charge is 2.37. The van der Waals surface area contributed by atoms with Gasteiger partial charge in [0, 0.05) is 31.9 Å². The number of piperazine rings is 1. The van der Waals surface area contributed by atoms with Gasteiger partial charge in [-0.05, 0) is 50.7 Å². The maximum Gasteiger partial charge on any atom is 0.342 e. The Hall–Kier alpha value is -2.43. The second kappa shape index (κ2) is 8.75. The zero-order valence-electron chi connectivity index (χ0n) is 17.4. The second-order valence-corrected chi connectivity index (χ2v) is 9.36. The first-order chi connectivity index (χ1) is 14.1. The van der Waals surface area contributed by atoms with Gasteiger partial charge in [0.05, 0.1) is 7.11 Å². The third kappa shape index (κ3) is 4.35. The van der Waals surface area contributed by atoms with Crippen molar-refractivity contribution < 1.29 is 22.4 Å². The van der Waals surface area contributed by atoms with Crippen molar-refractivity contribution in [3.8, 4) is 0 Å². The first kappa shape index (κ1) is 22.3. The molecule has 0 spiro atoms. The molecule has 1 aliphatic rings. The lowest BCUT2D eigenvalue weighted by atomic mass is 10.2. The lowest BCUT2D eigenvalue weighted by Crippen LogP contribution is -2.51. The number of carbonyl (C=O) groups is 1. The van der Waals surface area contributed by atoms with Crippen LogP contribution in [0.1, 0.15) is 27.4 Å². The van der Waals surface area contributed by atoms with E-state index in [1.807, 2.05) is 36.1 Å². The molecule has 0 atom stereocenters. The Bertz CT molecular complexity index is 1070. The number of sulfonamides is 1. The summed E-state index contributed by atoms with van der Waals surface area (Å²) in [4.78, 5) is 13.9. The van der Waals surface area contributed by atoms with Gasteiger partial charge in [-0.2, -0.15) is 4.31 Å². The number of furan rings is 1. The fraction of sp³-hybridized carbons (Fsp3) is 0.400. The molecule has 1 fully saturated rings. The van der Waals surface area contributed by atoms with E-state index in [9.17, 15) is 13.2 Å². The van der Waals surface area contributed by atoms with Gasteiger partial charge in [0.25, 0.3) is 0 Å². The second-order valence-electron chi connectivity index (χ2n) is 7.10. The van der Waals surface area contributed by atoms with E-state index < -0.39 is 16.0 Å². The molecule has 1 aromatic heterocycles. The van der Waals surface area contributed by atoms with Gasteiger partial charge in [-0.3, -0.25) is 0 Å². The van der Waals surface area contributed by atoms with Crippen LogP contribution in [-0.4, -0.2) is 62.0 Å². The number of hydrogen-bond acceptors (Lipinski definition) is 6. The minimum absolute atomic E-state index is 0.0472. The van der Waals surface area contributed by atoms with Crippen LogP contribution in [0.3, 0.4) is 0 Å². The van der Waals surface area contributed by atoms with Gasteiger partial charge in [-0.25, -0.2) is 13.2 Å². The number of benzene rings is 1. The van der Waals surface area contributed by atoms with Crippen LogP contribution in [0.25, 0.3) is 0 Å². The van der Waals surface area contributed by atoms with Crippen molar-refractivity contribution in [1.29, 1.82) is 0 Å². The minimum Gasteiger partial charge on any atom is -0.465 e. The molecule has 0 bridgehead atoms. The van der Waals surface area contributed by atoms with Crippen LogP contribution in [-0.2, 0) is 14.8 Å². The number of nitrogens with one attached hydrogen (secondary N) is 1. The molecule has 2 heterocycles. The molecule has 162 valence electrons. The number of anilines is 1. The van der Waals surface area contributed by atoms with Gasteiger partial charge in [-0.15, -0.1) is 0 Å². The smallest absolute Gasteiger partial charge is 0.342 e. The lowest BCUT2D eigenvalue weighted by Gasteiger charge is -2.35. The third-order valence-electron chi connectivity index (χ3n) is 4.99. The number of thiocarbonyl (C=S) groups is 1. The van der Waals surface area contributed by atoms with E-state index in [1.165, 1.54) is 18.3 Å². The van der Waals surface area contributed by atoms with Gasteiger partial charge in [-0.1, -0.05) is 12.1 Å². The van der Waals surface area contributed by atoms with Crippen molar-refractivity contribution in [2.45, 2.75) is 25.7 Å². The van der Waals surface area contributed by atoms with Crippen molar-refractivity contribution in [2.24, 2.45) is 0 Å². The number of rotatable bonds is 4. The first-order valence-corrected chi connectivity index (χ1v) is 11.3. The molecular weight excluding hydrogens is 426 g/mol. The largest absolute Gasteiger partial charge is 0.465 e. The zero-order chi connectivity index (χ0) is 22.1. The minimum atomic E-state index is -3.92. The van der Waals surface area contributed by atoms with Gasteiger partial charge in [0.1, 0.15) is 22.0 Å². The van der Waals surface area contributed by atoms with Crippen LogP contribution in [0.4, 0.5) is 5.69 Å². The zero-order valence-corrected chi connectivity index (χ0v) is 19.0. The maximum absolute atomic E-state index is 13.3. The Labute approximate surface area is 181 Å². The van der Waals surface area contributed by atoms with Crippen LogP contribution in [0.15, 0.2) is 33.6 Å². The number of ether oxygens (including phenoxy) is 1. The number of hydrogen-bond donors (Lipinski definition) is 1. The number of carbonyl (C=O) groups excluding carboxylic acids is 1. The molecule has 0 amide bonds. The molecule has 0 aliphatic carbocycles. The van der Waals surface area contributed by atoms with E-state index in [1.54, 1.807) is 6.92 Å². The average Bonchev–Trinajstić information content (AvgIpc) is 3.02. The number of esters is 1. The fourth-order valence-corrected chi connectivity index (χ4v) is 5.59. The van der Waals surface area contributed by atoms with Crippen molar-refractivity contribution in [3.63, 3.8) is 0 Å². The molecule has 2 aromatic rings. The van der Waals surface area contributed by atoms with E-state index in [0.717, 1.165) is 11.3 Å². The summed E-state index contributed by atoms with van der Waals surface area (Å²) >= 11 is 5.49. The molecular formula is C20H25N3O5S2. The summed E-state index contributed by atoms with van der Waals surface area (Å²) in [5, 5.41) is 3.74. The summed E-state index contributed by atoms with van der Waals surface area (Å²) in [6.07, 6.45) is 0. The Kier molecular flexibility index (Phi) is 6.49. The van der Waals surface area contributed by atoms with Gasteiger partial charge in [0.15, 0.2) is 5.11 Å². The molecule has 0 saturated carbocycles. The standard InChI is InChI=1S/C20H25N3O5S2/c1-13-6-5-7-16(12-13)21-20(29)22-8-10-23(11-9-22)30(25,26)18-15(3)28-14(2)17(18)19(24)27-4/h5-7,12H,8-11H2,1-4H3,(H,21,29). The van der Waals surface area contributed by atoms with E-state index in [0.29, 0.717) is 18.2 Å². The number of methoxy groups -OCH3 is 1. The van der Waals surface area contributed by atoms with Gasteiger partial charge < -0.3 is 19.4 Å². The van der Waals surface area contributed by atoms with E-state index in [-0.39, 0.29) is 35.1 Å². The Morgan fingerprint density at radius 2 is 1.80 bits per heavy atom. The summed E-state index contributed by atoms with van der Waals surface area (Å²) in [6.45, 7) is 6.42. The molecule has 30 heavy (non-hydrogen) atoms. The van der Waals surface area contributed by atoms with Gasteiger partial charge >= 0.3 is 5.97 Å². The molecule has 0 unspecified atom stereocenters. The molecule has 1 aromatic carbocycles.